The molecule has 6 nitrogen and oxygen atoms in total. The smallest absolute Gasteiger partial charge is 0.250 e. The van der Waals surface area contributed by atoms with Crippen LogP contribution in [0.4, 0.5) is 5.69 Å². The number of carbonyl (C=O) groups excluding carboxylic acids is 1. The maximum atomic E-state index is 12.6. The summed E-state index contributed by atoms with van der Waals surface area (Å²) in [5.41, 5.74) is 1.29. The highest BCUT2D eigenvalue weighted by Crippen LogP contribution is 2.21. The number of amides is 1. The van der Waals surface area contributed by atoms with Crippen LogP contribution in [0.5, 0.6) is 0 Å². The minimum atomic E-state index is -3.56. The zero-order valence-electron chi connectivity index (χ0n) is 16.8. The van der Waals surface area contributed by atoms with Gasteiger partial charge in [0.05, 0.1) is 4.90 Å². The molecule has 0 heterocycles. The second kappa shape index (κ2) is 10.9. The number of rotatable bonds is 6. The van der Waals surface area contributed by atoms with Crippen molar-refractivity contribution in [2.45, 2.75) is 43.0 Å². The first kappa shape index (κ1) is 23.4. The minimum absolute atomic E-state index is 0.00170. The van der Waals surface area contributed by atoms with Gasteiger partial charge in [0, 0.05) is 22.8 Å². The first-order valence-corrected chi connectivity index (χ1v) is 12.3. The number of thiocarbonyl (C=S) groups is 1. The molecule has 2 aromatic rings. The molecule has 3 N–H and O–H groups in total. The molecule has 1 aliphatic rings. The Labute approximate surface area is 193 Å². The molecular weight excluding hydrogens is 454 g/mol. The zero-order chi connectivity index (χ0) is 22.3. The average Bonchev–Trinajstić information content (AvgIpc) is 2.74. The second-order valence-electron chi connectivity index (χ2n) is 7.28. The largest absolute Gasteiger partial charge is 0.332 e. The van der Waals surface area contributed by atoms with E-state index in [1.165, 1.54) is 18.2 Å². The first-order chi connectivity index (χ1) is 14.8. The Morgan fingerprint density at radius 2 is 1.71 bits per heavy atom. The van der Waals surface area contributed by atoms with Crippen molar-refractivity contribution in [3.63, 3.8) is 0 Å². The van der Waals surface area contributed by atoms with Gasteiger partial charge < -0.3 is 5.32 Å². The molecule has 0 spiro atoms. The SMILES string of the molecule is O=C(/C=C/c1ccccc1Cl)NC(=S)Nc1ccc(S(=O)(=O)NC2CCCCC2)cc1. The summed E-state index contributed by atoms with van der Waals surface area (Å²) < 4.78 is 27.9. The molecule has 9 heteroatoms. The molecule has 1 aliphatic carbocycles. The van der Waals surface area contributed by atoms with E-state index in [4.69, 9.17) is 23.8 Å². The van der Waals surface area contributed by atoms with Crippen molar-refractivity contribution in [3.8, 4) is 0 Å². The summed E-state index contributed by atoms with van der Waals surface area (Å²) in [7, 11) is -3.56. The normalized spacial score (nSPS) is 15.0. The number of benzene rings is 2. The quantitative estimate of drug-likeness (QED) is 0.422. The topological polar surface area (TPSA) is 87.3 Å². The first-order valence-electron chi connectivity index (χ1n) is 10.0. The molecule has 1 amide bonds. The van der Waals surface area contributed by atoms with Crippen molar-refractivity contribution >= 4 is 56.6 Å². The van der Waals surface area contributed by atoms with Crippen LogP contribution in [0.15, 0.2) is 59.5 Å². The molecule has 31 heavy (non-hydrogen) atoms. The summed E-state index contributed by atoms with van der Waals surface area (Å²) in [4.78, 5) is 12.2. The summed E-state index contributed by atoms with van der Waals surface area (Å²) in [5, 5.41) is 6.05. The monoisotopic (exact) mass is 477 g/mol. The number of anilines is 1. The lowest BCUT2D eigenvalue weighted by molar-refractivity contribution is -0.115. The predicted molar refractivity (Wildman–Crippen MR) is 128 cm³/mol. The van der Waals surface area contributed by atoms with Gasteiger partial charge in [-0.3, -0.25) is 10.1 Å². The summed E-state index contributed by atoms with van der Waals surface area (Å²) in [5.74, 6) is -0.409. The van der Waals surface area contributed by atoms with Gasteiger partial charge in [-0.25, -0.2) is 13.1 Å². The van der Waals surface area contributed by atoms with Gasteiger partial charge in [0.15, 0.2) is 5.11 Å². The Morgan fingerprint density at radius 3 is 2.39 bits per heavy atom. The maximum absolute atomic E-state index is 12.6. The van der Waals surface area contributed by atoms with Crippen LogP contribution in [0.2, 0.25) is 5.02 Å². The summed E-state index contributed by atoms with van der Waals surface area (Å²) >= 11 is 11.2. The van der Waals surface area contributed by atoms with Gasteiger partial charge in [0.2, 0.25) is 15.9 Å². The third-order valence-electron chi connectivity index (χ3n) is 4.91. The summed E-state index contributed by atoms with van der Waals surface area (Å²) in [6, 6.07) is 13.4. The van der Waals surface area contributed by atoms with Gasteiger partial charge in [-0.15, -0.1) is 0 Å². The van der Waals surface area contributed by atoms with Crippen molar-refractivity contribution in [1.82, 2.24) is 10.0 Å². The standard InChI is InChI=1S/C22H24ClN3O3S2/c23-20-9-5-4-6-16(20)10-15-21(27)25-22(30)24-17-11-13-19(14-12-17)31(28,29)26-18-7-2-1-3-8-18/h4-6,9-15,18,26H,1-3,7-8H2,(H2,24,25,27,30)/b15-10+. The molecular formula is C22H24ClN3O3S2. The van der Waals surface area contributed by atoms with Crippen molar-refractivity contribution < 1.29 is 13.2 Å². The van der Waals surface area contributed by atoms with E-state index in [1.807, 2.05) is 6.07 Å². The van der Waals surface area contributed by atoms with Crippen LogP contribution >= 0.6 is 23.8 Å². The van der Waals surface area contributed by atoms with Crippen molar-refractivity contribution in [3.05, 3.63) is 65.2 Å². The van der Waals surface area contributed by atoms with E-state index in [0.29, 0.717) is 10.7 Å². The molecule has 2 aromatic carbocycles. The van der Waals surface area contributed by atoms with Gasteiger partial charge in [-0.05, 0) is 67.0 Å². The summed E-state index contributed by atoms with van der Waals surface area (Å²) in [6.45, 7) is 0. The number of nitrogens with one attached hydrogen (secondary N) is 3. The highest BCUT2D eigenvalue weighted by atomic mass is 35.5. The summed E-state index contributed by atoms with van der Waals surface area (Å²) in [6.07, 6.45) is 7.93. The van der Waals surface area contributed by atoms with E-state index >= 15 is 0 Å². The molecule has 0 radical (unpaired) electrons. The zero-order valence-corrected chi connectivity index (χ0v) is 19.2. The molecule has 1 fully saturated rings. The molecule has 0 atom stereocenters. The number of carbonyl (C=O) groups is 1. The Balaban J connectivity index is 1.53. The lowest BCUT2D eigenvalue weighted by Crippen LogP contribution is -2.36. The number of halogens is 1. The Kier molecular flexibility index (Phi) is 8.20. The molecule has 0 unspecified atom stereocenters. The van der Waals surface area contributed by atoms with Crippen LogP contribution < -0.4 is 15.4 Å². The maximum Gasteiger partial charge on any atom is 0.250 e. The fraction of sp³-hybridized carbons (Fsp3) is 0.273. The van der Waals surface area contributed by atoms with Crippen molar-refractivity contribution in [2.24, 2.45) is 0 Å². The van der Waals surface area contributed by atoms with Gasteiger partial charge in [-0.2, -0.15) is 0 Å². The van der Waals surface area contributed by atoms with Crippen molar-refractivity contribution in [1.29, 1.82) is 0 Å². The Bertz CT molecular complexity index is 1060. The van der Waals surface area contributed by atoms with Gasteiger partial charge in [0.25, 0.3) is 0 Å². The fourth-order valence-corrected chi connectivity index (χ4v) is 5.04. The van der Waals surface area contributed by atoms with Gasteiger partial charge in [0.1, 0.15) is 0 Å². The number of sulfonamides is 1. The third kappa shape index (κ3) is 7.14. The number of hydrogen-bond donors (Lipinski definition) is 3. The Hall–Kier alpha value is -2.26. The minimum Gasteiger partial charge on any atom is -0.332 e. The van der Waals surface area contributed by atoms with E-state index in [1.54, 1.807) is 36.4 Å². The van der Waals surface area contributed by atoms with Gasteiger partial charge >= 0.3 is 0 Å². The van der Waals surface area contributed by atoms with E-state index in [2.05, 4.69) is 15.4 Å². The second-order valence-corrected chi connectivity index (χ2v) is 9.81. The van der Waals surface area contributed by atoms with Gasteiger partial charge in [-0.1, -0.05) is 49.1 Å². The lowest BCUT2D eigenvalue weighted by Gasteiger charge is -2.22. The van der Waals surface area contributed by atoms with Crippen LogP contribution in [-0.2, 0) is 14.8 Å². The highest BCUT2D eigenvalue weighted by molar-refractivity contribution is 7.89. The predicted octanol–water partition coefficient (Wildman–Crippen LogP) is 4.48. The molecule has 3 rings (SSSR count). The van der Waals surface area contributed by atoms with Crippen LogP contribution in [0, 0.1) is 0 Å². The Morgan fingerprint density at radius 1 is 1.03 bits per heavy atom. The van der Waals surface area contributed by atoms with E-state index in [9.17, 15) is 13.2 Å². The van der Waals surface area contributed by atoms with E-state index < -0.39 is 15.9 Å². The van der Waals surface area contributed by atoms with Crippen LogP contribution in [0.25, 0.3) is 6.08 Å². The fourth-order valence-electron chi connectivity index (χ4n) is 3.32. The molecule has 0 aromatic heterocycles. The van der Waals surface area contributed by atoms with Crippen LogP contribution in [-0.4, -0.2) is 25.5 Å². The van der Waals surface area contributed by atoms with Crippen molar-refractivity contribution in [2.75, 3.05) is 5.32 Å². The molecule has 1 saturated carbocycles. The molecule has 0 aliphatic heterocycles. The highest BCUT2D eigenvalue weighted by Gasteiger charge is 2.21. The molecule has 164 valence electrons. The lowest BCUT2D eigenvalue weighted by atomic mass is 9.96. The van der Waals surface area contributed by atoms with E-state index in [-0.39, 0.29) is 16.0 Å². The number of hydrogen-bond acceptors (Lipinski definition) is 4. The average molecular weight is 478 g/mol. The third-order valence-corrected chi connectivity index (χ3v) is 6.99. The molecule has 0 saturated heterocycles. The van der Waals surface area contributed by atoms with E-state index in [0.717, 1.165) is 37.7 Å². The van der Waals surface area contributed by atoms with Crippen LogP contribution in [0.3, 0.4) is 0 Å². The molecule has 0 bridgehead atoms. The van der Waals surface area contributed by atoms with Crippen LogP contribution in [0.1, 0.15) is 37.7 Å².